The van der Waals surface area contributed by atoms with E-state index < -0.39 is 30.8 Å². The van der Waals surface area contributed by atoms with Crippen LogP contribution in [0.2, 0.25) is 0 Å². The molecule has 0 aliphatic heterocycles. The van der Waals surface area contributed by atoms with Crippen molar-refractivity contribution < 1.29 is 32.2 Å². The lowest BCUT2D eigenvalue weighted by atomic mass is 10.2. The van der Waals surface area contributed by atoms with Crippen LogP contribution in [0.1, 0.15) is 27.2 Å². The zero-order chi connectivity index (χ0) is 13.6. The molecule has 0 rings (SSSR count). The SMILES string of the molecule is CCC(COC(=O)C(F)(F)F)OC(=O)C(C)C. The highest BCUT2D eigenvalue weighted by Crippen LogP contribution is 2.17. The van der Waals surface area contributed by atoms with Gasteiger partial charge < -0.3 is 9.47 Å². The molecule has 0 aliphatic rings. The molecule has 1 unspecified atom stereocenters. The molecule has 0 N–H and O–H groups in total. The van der Waals surface area contributed by atoms with Gasteiger partial charge in [0.1, 0.15) is 12.7 Å². The van der Waals surface area contributed by atoms with E-state index in [1.807, 2.05) is 0 Å². The molecular weight excluding hydrogens is 241 g/mol. The molecule has 0 aromatic carbocycles. The second-order valence-electron chi connectivity index (χ2n) is 3.72. The van der Waals surface area contributed by atoms with Gasteiger partial charge in [-0.3, -0.25) is 4.79 Å². The molecule has 1 atom stereocenters. The van der Waals surface area contributed by atoms with Crippen molar-refractivity contribution in [1.82, 2.24) is 0 Å². The van der Waals surface area contributed by atoms with E-state index in [1.165, 1.54) is 0 Å². The van der Waals surface area contributed by atoms with Crippen molar-refractivity contribution in [3.63, 3.8) is 0 Å². The fourth-order valence-corrected chi connectivity index (χ4v) is 0.786. The summed E-state index contributed by atoms with van der Waals surface area (Å²) in [6.45, 7) is 4.21. The average molecular weight is 256 g/mol. The molecule has 0 aliphatic carbocycles. The zero-order valence-corrected chi connectivity index (χ0v) is 9.84. The molecule has 4 nitrogen and oxygen atoms in total. The number of hydrogen-bond donors (Lipinski definition) is 0. The third kappa shape index (κ3) is 6.13. The Bertz CT molecular complexity index is 273. The smallest absolute Gasteiger partial charge is 0.459 e. The van der Waals surface area contributed by atoms with Crippen LogP contribution in [-0.4, -0.2) is 30.8 Å². The molecule has 0 spiro atoms. The number of hydrogen-bond acceptors (Lipinski definition) is 4. The largest absolute Gasteiger partial charge is 0.490 e. The summed E-state index contributed by atoms with van der Waals surface area (Å²) >= 11 is 0. The predicted molar refractivity (Wildman–Crippen MR) is 52.0 cm³/mol. The number of alkyl halides is 3. The Balaban J connectivity index is 4.16. The maximum atomic E-state index is 11.8. The number of halogens is 3. The maximum Gasteiger partial charge on any atom is 0.490 e. The van der Waals surface area contributed by atoms with Crippen LogP contribution in [0.3, 0.4) is 0 Å². The van der Waals surface area contributed by atoms with Gasteiger partial charge in [0, 0.05) is 0 Å². The first-order valence-electron chi connectivity index (χ1n) is 5.12. The fraction of sp³-hybridized carbons (Fsp3) is 0.800. The van der Waals surface area contributed by atoms with Gasteiger partial charge in [-0.2, -0.15) is 13.2 Å². The van der Waals surface area contributed by atoms with Gasteiger partial charge in [0.05, 0.1) is 5.92 Å². The monoisotopic (exact) mass is 256 g/mol. The highest BCUT2D eigenvalue weighted by atomic mass is 19.4. The van der Waals surface area contributed by atoms with Crippen LogP contribution in [0.5, 0.6) is 0 Å². The van der Waals surface area contributed by atoms with E-state index in [1.54, 1.807) is 20.8 Å². The fourth-order valence-electron chi connectivity index (χ4n) is 0.786. The lowest BCUT2D eigenvalue weighted by Gasteiger charge is -2.17. The molecule has 0 saturated heterocycles. The quantitative estimate of drug-likeness (QED) is 0.706. The summed E-state index contributed by atoms with van der Waals surface area (Å²) < 4.78 is 44.3. The van der Waals surface area contributed by atoms with Crippen LogP contribution in [0.25, 0.3) is 0 Å². The summed E-state index contributed by atoms with van der Waals surface area (Å²) in [5.41, 5.74) is 0. The minimum atomic E-state index is -5.03. The van der Waals surface area contributed by atoms with Crippen molar-refractivity contribution in [1.29, 1.82) is 0 Å². The predicted octanol–water partition coefficient (Wildman–Crippen LogP) is 2.07. The van der Waals surface area contributed by atoms with Crippen LogP contribution >= 0.6 is 0 Å². The first kappa shape index (κ1) is 15.7. The van der Waals surface area contributed by atoms with Gasteiger partial charge in [-0.25, -0.2) is 4.79 Å². The molecule has 0 bridgehead atoms. The summed E-state index contributed by atoms with van der Waals surface area (Å²) in [6, 6.07) is 0. The van der Waals surface area contributed by atoms with Crippen molar-refractivity contribution in [2.45, 2.75) is 39.5 Å². The van der Waals surface area contributed by atoms with E-state index in [2.05, 4.69) is 4.74 Å². The number of carbonyl (C=O) groups excluding carboxylic acids is 2. The van der Waals surface area contributed by atoms with Crippen LogP contribution in [-0.2, 0) is 19.1 Å². The third-order valence-electron chi connectivity index (χ3n) is 1.84. The molecule has 17 heavy (non-hydrogen) atoms. The summed E-state index contributed by atoms with van der Waals surface area (Å²) in [6.07, 6.45) is -5.61. The number of carbonyl (C=O) groups is 2. The highest BCUT2D eigenvalue weighted by Gasteiger charge is 2.41. The first-order valence-corrected chi connectivity index (χ1v) is 5.12. The zero-order valence-electron chi connectivity index (χ0n) is 9.84. The lowest BCUT2D eigenvalue weighted by Crippen LogP contribution is -2.31. The minimum absolute atomic E-state index is 0.267. The summed E-state index contributed by atoms with van der Waals surface area (Å²) in [4.78, 5) is 21.6. The highest BCUT2D eigenvalue weighted by molar-refractivity contribution is 5.75. The van der Waals surface area contributed by atoms with Gasteiger partial charge in [-0.05, 0) is 6.42 Å². The van der Waals surface area contributed by atoms with E-state index in [0.29, 0.717) is 0 Å². The van der Waals surface area contributed by atoms with Crippen LogP contribution in [0, 0.1) is 5.92 Å². The number of ether oxygens (including phenoxy) is 2. The van der Waals surface area contributed by atoms with Crippen molar-refractivity contribution in [2.75, 3.05) is 6.61 Å². The van der Waals surface area contributed by atoms with E-state index in [4.69, 9.17) is 4.74 Å². The van der Waals surface area contributed by atoms with Crippen molar-refractivity contribution in [3.05, 3.63) is 0 Å². The molecule has 0 aromatic heterocycles. The van der Waals surface area contributed by atoms with Crippen molar-refractivity contribution in [3.8, 4) is 0 Å². The summed E-state index contributed by atoms with van der Waals surface area (Å²) in [5, 5.41) is 0. The number of esters is 2. The van der Waals surface area contributed by atoms with Gasteiger partial charge in [-0.15, -0.1) is 0 Å². The van der Waals surface area contributed by atoms with E-state index in [9.17, 15) is 22.8 Å². The first-order chi connectivity index (χ1) is 7.68. The molecule has 0 heterocycles. The second kappa shape index (κ2) is 6.46. The van der Waals surface area contributed by atoms with Gasteiger partial charge in [0.25, 0.3) is 0 Å². The Labute approximate surface area is 97.1 Å². The van der Waals surface area contributed by atoms with E-state index >= 15 is 0 Å². The van der Waals surface area contributed by atoms with Crippen LogP contribution in [0.15, 0.2) is 0 Å². The molecule has 0 aromatic rings. The van der Waals surface area contributed by atoms with Gasteiger partial charge in [-0.1, -0.05) is 20.8 Å². The second-order valence-corrected chi connectivity index (χ2v) is 3.72. The van der Waals surface area contributed by atoms with Gasteiger partial charge >= 0.3 is 18.1 Å². The van der Waals surface area contributed by atoms with Crippen LogP contribution < -0.4 is 0 Å². The lowest BCUT2D eigenvalue weighted by molar-refractivity contribution is -0.203. The number of rotatable bonds is 5. The van der Waals surface area contributed by atoms with Gasteiger partial charge in [0.2, 0.25) is 0 Å². The van der Waals surface area contributed by atoms with Gasteiger partial charge in [0.15, 0.2) is 0 Å². The summed E-state index contributed by atoms with van der Waals surface area (Å²) in [5.74, 6) is -3.21. The van der Waals surface area contributed by atoms with E-state index in [-0.39, 0.29) is 12.3 Å². The Hall–Kier alpha value is -1.27. The van der Waals surface area contributed by atoms with Crippen molar-refractivity contribution in [2.24, 2.45) is 5.92 Å². The molecule has 0 amide bonds. The maximum absolute atomic E-state index is 11.8. The topological polar surface area (TPSA) is 52.6 Å². The Morgan fingerprint density at radius 3 is 2.12 bits per heavy atom. The van der Waals surface area contributed by atoms with E-state index in [0.717, 1.165) is 0 Å². The van der Waals surface area contributed by atoms with Crippen LogP contribution in [0.4, 0.5) is 13.2 Å². The minimum Gasteiger partial charge on any atom is -0.459 e. The Morgan fingerprint density at radius 1 is 1.24 bits per heavy atom. The normalized spacial score (nSPS) is 13.4. The molecule has 0 saturated carbocycles. The molecule has 0 fully saturated rings. The van der Waals surface area contributed by atoms with Crippen molar-refractivity contribution >= 4 is 11.9 Å². The average Bonchev–Trinajstić information content (AvgIpc) is 2.21. The Morgan fingerprint density at radius 2 is 1.76 bits per heavy atom. The molecule has 7 heteroatoms. The third-order valence-corrected chi connectivity index (χ3v) is 1.84. The summed E-state index contributed by atoms with van der Waals surface area (Å²) in [7, 11) is 0. The Kier molecular flexibility index (Phi) is 5.98. The molecular formula is C10H15F3O4. The molecule has 100 valence electrons. The standard InChI is InChI=1S/C10H15F3O4/c1-4-7(17-8(14)6(2)3)5-16-9(15)10(11,12)13/h6-7H,4-5H2,1-3H3. The molecule has 0 radical (unpaired) electrons.